The van der Waals surface area contributed by atoms with Gasteiger partial charge in [0, 0.05) is 18.8 Å². The highest BCUT2D eigenvalue weighted by Crippen LogP contribution is 2.39. The third-order valence-corrected chi connectivity index (χ3v) is 5.81. The highest BCUT2D eigenvalue weighted by Gasteiger charge is 2.42. The average molecular weight is 323 g/mol. The van der Waals surface area contributed by atoms with Crippen molar-refractivity contribution in [3.05, 3.63) is 48.3 Å². The van der Waals surface area contributed by atoms with Gasteiger partial charge in [0.15, 0.2) is 0 Å². The van der Waals surface area contributed by atoms with E-state index >= 15 is 0 Å². The number of nitrogens with zero attached hydrogens (tertiary/aromatic N) is 2. The number of aromatic nitrogens is 1. The van der Waals surface area contributed by atoms with E-state index in [2.05, 4.69) is 39.5 Å². The van der Waals surface area contributed by atoms with E-state index in [4.69, 9.17) is 0 Å². The Morgan fingerprint density at radius 1 is 1.33 bits per heavy atom. The number of fused-ring (bicyclic) bond motifs is 3. The molecule has 0 bridgehead atoms. The lowest BCUT2D eigenvalue weighted by molar-refractivity contribution is -0.119. The van der Waals surface area contributed by atoms with Gasteiger partial charge >= 0.3 is 0 Å². The second kappa shape index (κ2) is 6.52. The van der Waals surface area contributed by atoms with Gasteiger partial charge < -0.3 is 5.32 Å². The van der Waals surface area contributed by atoms with Gasteiger partial charge in [-0.2, -0.15) is 0 Å². The van der Waals surface area contributed by atoms with Crippen molar-refractivity contribution in [3.63, 3.8) is 0 Å². The van der Waals surface area contributed by atoms with Gasteiger partial charge in [-0.05, 0) is 56.7 Å². The van der Waals surface area contributed by atoms with Crippen LogP contribution in [0.2, 0.25) is 0 Å². The Bertz CT molecular complexity index is 681. The fourth-order valence-electron chi connectivity index (χ4n) is 4.54. The van der Waals surface area contributed by atoms with Crippen LogP contribution in [0.5, 0.6) is 0 Å². The molecule has 2 saturated heterocycles. The summed E-state index contributed by atoms with van der Waals surface area (Å²) in [6.45, 7) is 3.94. The van der Waals surface area contributed by atoms with Crippen LogP contribution in [0.4, 0.5) is 5.69 Å². The first-order valence-electron chi connectivity index (χ1n) is 9.04. The molecule has 0 radical (unpaired) electrons. The van der Waals surface area contributed by atoms with E-state index in [0.717, 1.165) is 30.9 Å². The van der Waals surface area contributed by atoms with Crippen LogP contribution in [0.25, 0.3) is 0 Å². The largest absolute Gasteiger partial charge is 0.324 e. The third-order valence-electron chi connectivity index (χ3n) is 5.81. The van der Waals surface area contributed by atoms with Crippen molar-refractivity contribution in [1.82, 2.24) is 9.88 Å². The van der Waals surface area contributed by atoms with Crippen molar-refractivity contribution >= 4 is 11.6 Å². The maximum absolute atomic E-state index is 12.8. The van der Waals surface area contributed by atoms with E-state index in [9.17, 15) is 4.79 Å². The molecule has 4 atom stereocenters. The Labute approximate surface area is 143 Å². The van der Waals surface area contributed by atoms with Gasteiger partial charge in [0.05, 0.1) is 17.3 Å². The number of carbonyl (C=O) groups excluding carboxylic acids is 1. The standard InChI is InChI=1S/C20H25N3O/c1-14-18(9-4-10-21-14)22-20(24)16-12-19-17-8-3-2-6-15(17)7-5-11-23(19)13-16/h2-4,6,8-10,15-17,19H,5,7,11-13H2,1H3,(H,22,24). The first kappa shape index (κ1) is 15.6. The monoisotopic (exact) mass is 323 g/mol. The van der Waals surface area contributed by atoms with Crippen LogP contribution in [-0.2, 0) is 4.79 Å². The number of carbonyl (C=O) groups is 1. The molecule has 1 aromatic rings. The van der Waals surface area contributed by atoms with Crippen LogP contribution in [0, 0.1) is 24.7 Å². The molecule has 2 fully saturated rings. The van der Waals surface area contributed by atoms with Crippen LogP contribution in [0.15, 0.2) is 42.6 Å². The lowest BCUT2D eigenvalue weighted by Crippen LogP contribution is -2.36. The van der Waals surface area contributed by atoms with Crippen LogP contribution >= 0.6 is 0 Å². The van der Waals surface area contributed by atoms with Gasteiger partial charge in [-0.25, -0.2) is 0 Å². The normalized spacial score (nSPS) is 32.0. The average Bonchev–Trinajstić information content (AvgIpc) is 2.94. The maximum Gasteiger partial charge on any atom is 0.228 e. The van der Waals surface area contributed by atoms with Crippen molar-refractivity contribution in [1.29, 1.82) is 0 Å². The van der Waals surface area contributed by atoms with Gasteiger partial charge in [-0.15, -0.1) is 0 Å². The molecular weight excluding hydrogens is 298 g/mol. The van der Waals surface area contributed by atoms with E-state index in [1.165, 1.54) is 12.8 Å². The molecule has 3 heterocycles. The molecule has 4 nitrogen and oxygen atoms in total. The Hall–Kier alpha value is -1.94. The summed E-state index contributed by atoms with van der Waals surface area (Å²) in [6.07, 6.45) is 14.3. The van der Waals surface area contributed by atoms with Crippen molar-refractivity contribution in [2.75, 3.05) is 18.4 Å². The highest BCUT2D eigenvalue weighted by molar-refractivity contribution is 5.93. The Morgan fingerprint density at radius 2 is 2.21 bits per heavy atom. The molecule has 4 rings (SSSR count). The molecule has 4 unspecified atom stereocenters. The lowest BCUT2D eigenvalue weighted by atomic mass is 9.80. The molecule has 0 saturated carbocycles. The zero-order valence-electron chi connectivity index (χ0n) is 14.2. The second-order valence-electron chi connectivity index (χ2n) is 7.27. The van der Waals surface area contributed by atoms with E-state index in [1.54, 1.807) is 6.20 Å². The molecule has 1 N–H and O–H groups in total. The van der Waals surface area contributed by atoms with Crippen LogP contribution < -0.4 is 5.32 Å². The predicted molar refractivity (Wildman–Crippen MR) is 95.6 cm³/mol. The zero-order chi connectivity index (χ0) is 16.5. The summed E-state index contributed by atoms with van der Waals surface area (Å²) >= 11 is 0. The molecule has 126 valence electrons. The van der Waals surface area contributed by atoms with Gasteiger partial charge in [0.25, 0.3) is 0 Å². The summed E-state index contributed by atoms with van der Waals surface area (Å²) in [6, 6.07) is 4.30. The number of nitrogens with one attached hydrogen (secondary N) is 1. The molecule has 0 aromatic carbocycles. The zero-order valence-corrected chi connectivity index (χ0v) is 14.2. The number of aryl methyl sites for hydroxylation is 1. The number of amides is 1. The summed E-state index contributed by atoms with van der Waals surface area (Å²) in [5.74, 6) is 1.43. The summed E-state index contributed by atoms with van der Waals surface area (Å²) in [7, 11) is 0. The Kier molecular flexibility index (Phi) is 4.23. The van der Waals surface area contributed by atoms with Crippen molar-refractivity contribution in [3.8, 4) is 0 Å². The van der Waals surface area contributed by atoms with Crippen LogP contribution in [0.3, 0.4) is 0 Å². The van der Waals surface area contributed by atoms with Crippen molar-refractivity contribution in [2.24, 2.45) is 17.8 Å². The quantitative estimate of drug-likeness (QED) is 0.909. The predicted octanol–water partition coefficient (Wildman–Crippen LogP) is 3.17. The number of anilines is 1. The van der Waals surface area contributed by atoms with Gasteiger partial charge in [0.2, 0.25) is 5.91 Å². The third kappa shape index (κ3) is 2.91. The SMILES string of the molecule is Cc1ncccc1NC(=O)C1CC2C3C=CC=CC3CCCN2C1. The van der Waals surface area contributed by atoms with Crippen molar-refractivity contribution in [2.45, 2.75) is 32.2 Å². The summed E-state index contributed by atoms with van der Waals surface area (Å²) in [5, 5.41) is 3.09. The second-order valence-corrected chi connectivity index (χ2v) is 7.27. The molecule has 2 aliphatic heterocycles. The fraction of sp³-hybridized carbons (Fsp3) is 0.500. The van der Waals surface area contributed by atoms with E-state index in [0.29, 0.717) is 17.9 Å². The minimum atomic E-state index is 0.0765. The highest BCUT2D eigenvalue weighted by atomic mass is 16.2. The number of hydrogen-bond donors (Lipinski definition) is 1. The molecule has 1 aliphatic carbocycles. The topological polar surface area (TPSA) is 45.2 Å². The van der Waals surface area contributed by atoms with Gasteiger partial charge in [-0.3, -0.25) is 14.7 Å². The molecule has 24 heavy (non-hydrogen) atoms. The van der Waals surface area contributed by atoms with Gasteiger partial charge in [-0.1, -0.05) is 24.3 Å². The Balaban J connectivity index is 1.47. The molecular formula is C20H25N3O. The summed E-state index contributed by atoms with van der Waals surface area (Å²) in [5.41, 5.74) is 1.71. The molecule has 0 spiro atoms. The van der Waals surface area contributed by atoms with E-state index in [1.807, 2.05) is 19.1 Å². The van der Waals surface area contributed by atoms with Crippen molar-refractivity contribution < 1.29 is 4.79 Å². The number of pyridine rings is 1. The molecule has 1 amide bonds. The summed E-state index contributed by atoms with van der Waals surface area (Å²) < 4.78 is 0. The first-order valence-corrected chi connectivity index (χ1v) is 9.04. The van der Waals surface area contributed by atoms with Crippen LogP contribution in [0.1, 0.15) is 25.0 Å². The minimum absolute atomic E-state index is 0.0765. The maximum atomic E-state index is 12.8. The summed E-state index contributed by atoms with van der Waals surface area (Å²) in [4.78, 5) is 19.6. The molecule has 3 aliphatic rings. The number of hydrogen-bond acceptors (Lipinski definition) is 3. The molecule has 1 aromatic heterocycles. The lowest BCUT2D eigenvalue weighted by Gasteiger charge is -2.31. The number of rotatable bonds is 2. The van der Waals surface area contributed by atoms with E-state index in [-0.39, 0.29) is 11.8 Å². The molecule has 4 heteroatoms. The number of allylic oxidation sites excluding steroid dienone is 3. The van der Waals surface area contributed by atoms with Gasteiger partial charge in [0.1, 0.15) is 0 Å². The smallest absolute Gasteiger partial charge is 0.228 e. The first-order chi connectivity index (χ1) is 11.7. The Morgan fingerprint density at radius 3 is 3.08 bits per heavy atom. The van der Waals surface area contributed by atoms with Crippen LogP contribution in [-0.4, -0.2) is 34.9 Å². The fourth-order valence-corrected chi connectivity index (χ4v) is 4.54. The minimum Gasteiger partial charge on any atom is -0.324 e. The van der Waals surface area contributed by atoms with E-state index < -0.39 is 0 Å².